The highest BCUT2D eigenvalue weighted by atomic mass is 32.2. The number of hydrogen-bond acceptors (Lipinski definition) is 6. The van der Waals surface area contributed by atoms with Crippen LogP contribution < -0.4 is 4.72 Å². The first-order valence-electron chi connectivity index (χ1n) is 8.92. The molecule has 10 nitrogen and oxygen atoms in total. The van der Waals surface area contributed by atoms with E-state index in [0.717, 1.165) is 29.2 Å². The summed E-state index contributed by atoms with van der Waals surface area (Å²) in [5.41, 5.74) is -1.12. The molecule has 1 fully saturated rings. The Morgan fingerprint density at radius 1 is 1.23 bits per heavy atom. The van der Waals surface area contributed by atoms with E-state index in [1.54, 1.807) is 30.3 Å². The maximum absolute atomic E-state index is 12.9. The summed E-state index contributed by atoms with van der Waals surface area (Å²) < 4.78 is 28.2. The Balaban J connectivity index is 1.92. The van der Waals surface area contributed by atoms with Gasteiger partial charge in [-0.05, 0) is 24.6 Å². The van der Waals surface area contributed by atoms with Gasteiger partial charge in [0.05, 0.1) is 16.4 Å². The Labute approximate surface area is 172 Å². The second-order valence-electron chi connectivity index (χ2n) is 7.05. The maximum Gasteiger partial charge on any atom is 0.326 e. The van der Waals surface area contributed by atoms with Crippen molar-refractivity contribution < 1.29 is 28.0 Å². The van der Waals surface area contributed by atoms with Crippen LogP contribution in [0, 0.1) is 10.1 Å². The van der Waals surface area contributed by atoms with Crippen molar-refractivity contribution in [3.05, 3.63) is 70.3 Å². The number of carboxylic acid groups (broad SMARTS) is 1. The number of non-ortho nitro benzene ring substituents is 1. The number of nitro groups is 1. The van der Waals surface area contributed by atoms with Gasteiger partial charge in [-0.1, -0.05) is 30.3 Å². The number of rotatable bonds is 8. The number of aliphatic carboxylic acids is 1. The number of nitro benzene ring substituents is 1. The van der Waals surface area contributed by atoms with Crippen LogP contribution >= 0.6 is 0 Å². The Morgan fingerprint density at radius 3 is 2.33 bits per heavy atom. The zero-order chi connectivity index (χ0) is 22.1. The number of nitrogens with one attached hydrogen (secondary N) is 1. The molecular weight excluding hydrogens is 414 g/mol. The van der Waals surface area contributed by atoms with Crippen molar-refractivity contribution in [2.24, 2.45) is 0 Å². The highest BCUT2D eigenvalue weighted by molar-refractivity contribution is 7.89. The van der Waals surface area contributed by atoms with Crippen LogP contribution in [0.1, 0.15) is 12.5 Å². The minimum absolute atomic E-state index is 0.0295. The largest absolute Gasteiger partial charge is 0.480 e. The fraction of sp³-hybridized carbons (Fsp3) is 0.263. The summed E-state index contributed by atoms with van der Waals surface area (Å²) >= 11 is 0. The fourth-order valence-electron chi connectivity index (χ4n) is 3.31. The highest BCUT2D eigenvalue weighted by Gasteiger charge is 2.56. The van der Waals surface area contributed by atoms with Crippen molar-refractivity contribution in [3.8, 4) is 0 Å². The number of carbonyl (C=O) groups excluding carboxylic acids is 1. The maximum atomic E-state index is 12.9. The SMILES string of the molecule is C[C@@H](C(=O)O)N1C[C@@](Cc2ccccc2)(NS(=O)(=O)c2ccc([N+](=O)[O-])cc2)C1=O. The number of benzene rings is 2. The molecule has 158 valence electrons. The molecule has 2 atom stereocenters. The molecule has 0 radical (unpaired) electrons. The predicted molar refractivity (Wildman–Crippen MR) is 105 cm³/mol. The molecule has 1 saturated heterocycles. The lowest BCUT2D eigenvalue weighted by Gasteiger charge is -2.50. The summed E-state index contributed by atoms with van der Waals surface area (Å²) in [6.07, 6.45) is 0.0295. The van der Waals surface area contributed by atoms with Gasteiger partial charge >= 0.3 is 5.97 Å². The molecule has 2 N–H and O–H groups in total. The molecule has 1 aliphatic rings. The monoisotopic (exact) mass is 433 g/mol. The van der Waals surface area contributed by atoms with E-state index in [2.05, 4.69) is 4.72 Å². The summed E-state index contributed by atoms with van der Waals surface area (Å²) in [5.74, 6) is -1.85. The van der Waals surface area contributed by atoms with E-state index < -0.39 is 38.4 Å². The van der Waals surface area contributed by atoms with E-state index in [1.807, 2.05) is 0 Å². The molecule has 0 spiro atoms. The van der Waals surface area contributed by atoms with E-state index in [9.17, 15) is 33.2 Å². The van der Waals surface area contributed by atoms with Gasteiger partial charge in [0.15, 0.2) is 0 Å². The molecule has 1 amide bonds. The lowest BCUT2D eigenvalue weighted by atomic mass is 9.82. The van der Waals surface area contributed by atoms with Crippen LogP contribution in [0.3, 0.4) is 0 Å². The number of β-lactam (4-membered cyclic amide) rings is 1. The third kappa shape index (κ3) is 4.02. The Morgan fingerprint density at radius 2 is 1.83 bits per heavy atom. The topological polar surface area (TPSA) is 147 Å². The summed E-state index contributed by atoms with van der Waals surface area (Å²) in [6.45, 7) is 1.22. The molecule has 1 aliphatic heterocycles. The van der Waals surface area contributed by atoms with Crippen LogP contribution in [0.2, 0.25) is 0 Å². The number of carbonyl (C=O) groups is 2. The van der Waals surface area contributed by atoms with Crippen molar-refractivity contribution in [1.29, 1.82) is 0 Å². The number of nitrogens with zero attached hydrogens (tertiary/aromatic N) is 2. The minimum Gasteiger partial charge on any atom is -0.480 e. The van der Waals surface area contributed by atoms with Gasteiger partial charge < -0.3 is 10.0 Å². The molecule has 11 heteroatoms. The molecule has 2 aromatic rings. The standard InChI is InChI=1S/C19H19N3O7S/c1-13(17(23)24)21-12-19(18(21)25,11-14-5-3-2-4-6-14)20-30(28,29)16-9-7-15(8-10-16)22(26)27/h2-10,13,20H,11-12H2,1H3,(H,23,24)/t13-,19+/m0/s1. The lowest BCUT2D eigenvalue weighted by Crippen LogP contribution is -2.77. The summed E-state index contributed by atoms with van der Waals surface area (Å²) in [4.78, 5) is 35.2. The molecule has 1 heterocycles. The van der Waals surface area contributed by atoms with Crippen molar-refractivity contribution in [1.82, 2.24) is 9.62 Å². The third-order valence-electron chi connectivity index (χ3n) is 4.97. The molecule has 0 unspecified atom stereocenters. The van der Waals surface area contributed by atoms with E-state index in [0.29, 0.717) is 5.56 Å². The van der Waals surface area contributed by atoms with Crippen LogP contribution in [0.25, 0.3) is 0 Å². The first-order chi connectivity index (χ1) is 14.1. The predicted octanol–water partition coefficient (Wildman–Crippen LogP) is 1.17. The van der Waals surface area contributed by atoms with Gasteiger partial charge in [-0.25, -0.2) is 13.2 Å². The molecule has 0 aromatic heterocycles. The minimum atomic E-state index is -4.21. The number of carboxylic acids is 1. The van der Waals surface area contributed by atoms with Crippen molar-refractivity contribution in [2.75, 3.05) is 6.54 Å². The molecule has 30 heavy (non-hydrogen) atoms. The zero-order valence-electron chi connectivity index (χ0n) is 15.9. The lowest BCUT2D eigenvalue weighted by molar-refractivity contribution is -0.384. The summed E-state index contributed by atoms with van der Waals surface area (Å²) in [7, 11) is -4.21. The average Bonchev–Trinajstić information content (AvgIpc) is 2.71. The average molecular weight is 433 g/mol. The first kappa shape index (κ1) is 21.4. The smallest absolute Gasteiger partial charge is 0.326 e. The Hall–Kier alpha value is -3.31. The van der Waals surface area contributed by atoms with E-state index in [1.165, 1.54) is 6.92 Å². The van der Waals surface area contributed by atoms with Gasteiger partial charge in [0, 0.05) is 18.6 Å². The number of hydrogen-bond donors (Lipinski definition) is 2. The number of likely N-dealkylation sites (tertiary alicyclic amines) is 1. The Bertz CT molecular complexity index is 1090. The number of amides is 1. The fourth-order valence-corrected chi connectivity index (χ4v) is 4.66. The van der Waals surface area contributed by atoms with E-state index >= 15 is 0 Å². The molecule has 3 rings (SSSR count). The molecule has 2 aromatic carbocycles. The summed E-state index contributed by atoms with van der Waals surface area (Å²) in [5, 5.41) is 20.0. The quantitative estimate of drug-likeness (QED) is 0.361. The second kappa shape index (κ2) is 7.84. The normalized spacial score (nSPS) is 19.8. The first-order valence-corrected chi connectivity index (χ1v) is 10.4. The van der Waals surface area contributed by atoms with Gasteiger partial charge in [-0.15, -0.1) is 0 Å². The van der Waals surface area contributed by atoms with Crippen molar-refractivity contribution in [3.63, 3.8) is 0 Å². The zero-order valence-corrected chi connectivity index (χ0v) is 16.7. The van der Waals surface area contributed by atoms with Crippen LogP contribution in [0.15, 0.2) is 59.5 Å². The van der Waals surface area contributed by atoms with Crippen LogP contribution in [-0.4, -0.2) is 53.3 Å². The van der Waals surface area contributed by atoms with E-state index in [-0.39, 0.29) is 23.5 Å². The molecule has 0 bridgehead atoms. The molecule has 0 saturated carbocycles. The third-order valence-corrected chi connectivity index (χ3v) is 6.52. The highest BCUT2D eigenvalue weighted by Crippen LogP contribution is 2.31. The van der Waals surface area contributed by atoms with Crippen LogP contribution in [-0.2, 0) is 26.0 Å². The van der Waals surface area contributed by atoms with Crippen LogP contribution in [0.5, 0.6) is 0 Å². The van der Waals surface area contributed by atoms with Gasteiger partial charge in [0.1, 0.15) is 11.6 Å². The summed E-state index contributed by atoms with van der Waals surface area (Å²) in [6, 6.07) is 11.9. The number of sulfonamides is 1. The van der Waals surface area contributed by atoms with Crippen molar-refractivity contribution in [2.45, 2.75) is 29.8 Å². The van der Waals surface area contributed by atoms with Gasteiger partial charge in [-0.2, -0.15) is 4.72 Å². The van der Waals surface area contributed by atoms with Gasteiger partial charge in [0.25, 0.3) is 5.69 Å². The van der Waals surface area contributed by atoms with Gasteiger partial charge in [-0.3, -0.25) is 14.9 Å². The van der Waals surface area contributed by atoms with Crippen molar-refractivity contribution >= 4 is 27.6 Å². The van der Waals surface area contributed by atoms with E-state index in [4.69, 9.17) is 0 Å². The Kier molecular flexibility index (Phi) is 5.59. The molecule has 0 aliphatic carbocycles. The van der Waals surface area contributed by atoms with Gasteiger partial charge in [0.2, 0.25) is 15.9 Å². The van der Waals surface area contributed by atoms with Crippen LogP contribution in [0.4, 0.5) is 5.69 Å². The molecular formula is C19H19N3O7S. The second-order valence-corrected chi connectivity index (χ2v) is 8.73.